The van der Waals surface area contributed by atoms with Crippen LogP contribution in [0.25, 0.3) is 11.3 Å². The maximum absolute atomic E-state index is 5.98. The molecule has 0 bridgehead atoms. The predicted octanol–water partition coefficient (Wildman–Crippen LogP) is 2.18. The summed E-state index contributed by atoms with van der Waals surface area (Å²) in [7, 11) is 4.83. The lowest BCUT2D eigenvalue weighted by Crippen LogP contribution is -2.11. The number of pyridine rings is 1. The van der Waals surface area contributed by atoms with Crippen LogP contribution in [0.4, 0.5) is 0 Å². The van der Waals surface area contributed by atoms with Crippen molar-refractivity contribution in [3.8, 4) is 28.5 Å². The SMILES string of the molecule is COc1cc2c(c(OC)c1OC)-c1ncccc1C2CN. The van der Waals surface area contributed by atoms with E-state index in [9.17, 15) is 0 Å². The Bertz CT molecular complexity index is 685. The van der Waals surface area contributed by atoms with Gasteiger partial charge in [0.05, 0.1) is 32.6 Å². The fourth-order valence-corrected chi connectivity index (χ4v) is 3.02. The summed E-state index contributed by atoms with van der Waals surface area (Å²) in [4.78, 5) is 4.51. The minimum absolute atomic E-state index is 0.0948. The van der Waals surface area contributed by atoms with Gasteiger partial charge in [-0.25, -0.2) is 0 Å². The first-order valence-corrected chi connectivity index (χ1v) is 6.75. The van der Waals surface area contributed by atoms with E-state index in [2.05, 4.69) is 11.1 Å². The Kier molecular flexibility index (Phi) is 3.43. The quantitative estimate of drug-likeness (QED) is 0.933. The van der Waals surface area contributed by atoms with Crippen LogP contribution in [0, 0.1) is 0 Å². The summed E-state index contributed by atoms with van der Waals surface area (Å²) in [5.74, 6) is 1.95. The molecule has 1 aromatic carbocycles. The summed E-state index contributed by atoms with van der Waals surface area (Å²) in [5, 5.41) is 0. The number of ether oxygens (including phenoxy) is 3. The highest BCUT2D eigenvalue weighted by Crippen LogP contribution is 2.54. The molecule has 110 valence electrons. The van der Waals surface area contributed by atoms with Gasteiger partial charge in [-0.15, -0.1) is 0 Å². The Morgan fingerprint density at radius 1 is 1.10 bits per heavy atom. The first-order chi connectivity index (χ1) is 10.3. The molecule has 3 rings (SSSR count). The Labute approximate surface area is 123 Å². The fraction of sp³-hybridized carbons (Fsp3) is 0.312. The van der Waals surface area contributed by atoms with Gasteiger partial charge >= 0.3 is 0 Å². The monoisotopic (exact) mass is 286 g/mol. The molecule has 2 N–H and O–H groups in total. The molecule has 0 aliphatic heterocycles. The van der Waals surface area contributed by atoms with Crippen LogP contribution in [-0.2, 0) is 0 Å². The highest BCUT2D eigenvalue weighted by atomic mass is 16.5. The fourth-order valence-electron chi connectivity index (χ4n) is 3.02. The normalized spacial score (nSPS) is 15.3. The Morgan fingerprint density at radius 2 is 1.86 bits per heavy atom. The molecule has 1 heterocycles. The summed E-state index contributed by atoms with van der Waals surface area (Å²) in [6.45, 7) is 0.504. The van der Waals surface area contributed by atoms with Crippen LogP contribution in [0.15, 0.2) is 24.4 Å². The number of hydrogen-bond donors (Lipinski definition) is 1. The number of rotatable bonds is 4. The Balaban J connectivity index is 2.36. The topological polar surface area (TPSA) is 66.6 Å². The lowest BCUT2D eigenvalue weighted by atomic mass is 9.97. The van der Waals surface area contributed by atoms with Crippen LogP contribution in [0.1, 0.15) is 17.0 Å². The Morgan fingerprint density at radius 3 is 2.48 bits per heavy atom. The third kappa shape index (κ3) is 1.85. The molecule has 1 unspecified atom stereocenters. The van der Waals surface area contributed by atoms with E-state index in [1.54, 1.807) is 27.5 Å². The zero-order valence-corrected chi connectivity index (χ0v) is 12.3. The van der Waals surface area contributed by atoms with Crippen molar-refractivity contribution < 1.29 is 14.2 Å². The second-order valence-electron chi connectivity index (χ2n) is 4.84. The number of nitrogens with zero attached hydrogens (tertiary/aromatic N) is 1. The van der Waals surface area contributed by atoms with Crippen LogP contribution in [0.2, 0.25) is 0 Å². The van der Waals surface area contributed by atoms with E-state index in [0.717, 1.165) is 22.4 Å². The first-order valence-electron chi connectivity index (χ1n) is 6.75. The van der Waals surface area contributed by atoms with Gasteiger partial charge in [-0.05, 0) is 23.3 Å². The van der Waals surface area contributed by atoms with Crippen molar-refractivity contribution in [2.24, 2.45) is 5.73 Å². The molecule has 1 atom stereocenters. The Hall–Kier alpha value is -2.27. The third-order valence-corrected chi connectivity index (χ3v) is 3.92. The summed E-state index contributed by atoms with van der Waals surface area (Å²) < 4.78 is 16.5. The molecule has 5 nitrogen and oxygen atoms in total. The van der Waals surface area contributed by atoms with Gasteiger partial charge in [0.1, 0.15) is 0 Å². The van der Waals surface area contributed by atoms with Gasteiger partial charge in [0.25, 0.3) is 0 Å². The van der Waals surface area contributed by atoms with E-state index < -0.39 is 0 Å². The summed E-state index contributed by atoms with van der Waals surface area (Å²) in [6, 6.07) is 5.95. The zero-order valence-electron chi connectivity index (χ0n) is 12.3. The standard InChI is InChI=1S/C16H18N2O3/c1-19-12-7-10-11(8-17)9-5-4-6-18-14(9)13(10)16(21-3)15(12)20-2/h4-7,11H,8,17H2,1-3H3. The van der Waals surface area contributed by atoms with Crippen LogP contribution in [-0.4, -0.2) is 32.9 Å². The van der Waals surface area contributed by atoms with Crippen molar-refractivity contribution in [1.82, 2.24) is 4.98 Å². The number of hydrogen-bond acceptors (Lipinski definition) is 5. The lowest BCUT2D eigenvalue weighted by molar-refractivity contribution is 0.324. The average molecular weight is 286 g/mol. The molecule has 0 saturated heterocycles. The van der Waals surface area contributed by atoms with Crippen molar-refractivity contribution in [2.75, 3.05) is 27.9 Å². The van der Waals surface area contributed by atoms with Crippen molar-refractivity contribution in [2.45, 2.75) is 5.92 Å². The minimum Gasteiger partial charge on any atom is -0.493 e. The molecule has 0 spiro atoms. The van der Waals surface area contributed by atoms with Crippen LogP contribution in [0.5, 0.6) is 17.2 Å². The second-order valence-corrected chi connectivity index (χ2v) is 4.84. The molecular weight excluding hydrogens is 268 g/mol. The van der Waals surface area contributed by atoms with Crippen LogP contribution < -0.4 is 19.9 Å². The smallest absolute Gasteiger partial charge is 0.204 e. The molecule has 0 radical (unpaired) electrons. The molecule has 0 saturated carbocycles. The van der Waals surface area contributed by atoms with Crippen molar-refractivity contribution >= 4 is 0 Å². The molecule has 1 aromatic heterocycles. The highest BCUT2D eigenvalue weighted by Gasteiger charge is 2.34. The molecule has 2 aromatic rings. The second kappa shape index (κ2) is 5.26. The summed E-state index contributed by atoms with van der Waals surface area (Å²) in [5.41, 5.74) is 10.0. The highest BCUT2D eigenvalue weighted by molar-refractivity contribution is 5.85. The maximum Gasteiger partial charge on any atom is 0.204 e. The average Bonchev–Trinajstić information content (AvgIpc) is 2.86. The van der Waals surface area contributed by atoms with E-state index in [1.165, 1.54) is 0 Å². The van der Waals surface area contributed by atoms with Gasteiger partial charge in [0.2, 0.25) is 5.75 Å². The van der Waals surface area contributed by atoms with Crippen molar-refractivity contribution in [1.29, 1.82) is 0 Å². The van der Waals surface area contributed by atoms with Gasteiger partial charge in [-0.3, -0.25) is 4.98 Å². The maximum atomic E-state index is 5.98. The van der Waals surface area contributed by atoms with Gasteiger partial charge in [-0.2, -0.15) is 0 Å². The van der Waals surface area contributed by atoms with Gasteiger partial charge in [-0.1, -0.05) is 6.07 Å². The molecule has 21 heavy (non-hydrogen) atoms. The molecule has 1 aliphatic carbocycles. The van der Waals surface area contributed by atoms with E-state index >= 15 is 0 Å². The molecule has 1 aliphatic rings. The van der Waals surface area contributed by atoms with Crippen molar-refractivity contribution in [3.63, 3.8) is 0 Å². The summed E-state index contributed by atoms with van der Waals surface area (Å²) >= 11 is 0. The lowest BCUT2D eigenvalue weighted by Gasteiger charge is -2.17. The van der Waals surface area contributed by atoms with Crippen molar-refractivity contribution in [3.05, 3.63) is 35.5 Å². The summed E-state index contributed by atoms with van der Waals surface area (Å²) in [6.07, 6.45) is 1.78. The van der Waals surface area contributed by atoms with E-state index in [-0.39, 0.29) is 5.92 Å². The van der Waals surface area contributed by atoms with E-state index in [1.807, 2.05) is 12.1 Å². The number of methoxy groups -OCH3 is 3. The number of aromatic nitrogens is 1. The van der Waals surface area contributed by atoms with E-state index in [0.29, 0.717) is 23.8 Å². The predicted molar refractivity (Wildman–Crippen MR) is 80.2 cm³/mol. The molecule has 5 heteroatoms. The number of nitrogens with two attached hydrogens (primary N) is 1. The van der Waals surface area contributed by atoms with E-state index in [4.69, 9.17) is 19.9 Å². The molecule has 0 fully saturated rings. The van der Waals surface area contributed by atoms with Gasteiger partial charge in [0, 0.05) is 18.7 Å². The largest absolute Gasteiger partial charge is 0.493 e. The van der Waals surface area contributed by atoms with Crippen LogP contribution >= 0.6 is 0 Å². The minimum atomic E-state index is 0.0948. The first kappa shape index (κ1) is 13.7. The molecular formula is C16H18N2O3. The van der Waals surface area contributed by atoms with Gasteiger partial charge < -0.3 is 19.9 Å². The number of fused-ring (bicyclic) bond motifs is 3. The number of benzene rings is 1. The zero-order chi connectivity index (χ0) is 15.0. The third-order valence-electron chi connectivity index (χ3n) is 3.92. The van der Waals surface area contributed by atoms with Gasteiger partial charge in [0.15, 0.2) is 11.5 Å². The molecule has 0 amide bonds. The van der Waals surface area contributed by atoms with Crippen LogP contribution in [0.3, 0.4) is 0 Å².